The van der Waals surface area contributed by atoms with Gasteiger partial charge in [0.2, 0.25) is 0 Å². The van der Waals surface area contributed by atoms with Gasteiger partial charge in [0, 0.05) is 5.75 Å². The predicted octanol–water partition coefficient (Wildman–Crippen LogP) is 4.03. The number of hydrogen-bond donors (Lipinski definition) is 0. The number of alkyl halides is 3. The van der Waals surface area contributed by atoms with Crippen molar-refractivity contribution in [2.45, 2.75) is 6.36 Å². The van der Waals surface area contributed by atoms with Crippen LogP contribution in [0.15, 0.2) is 22.7 Å². The first kappa shape index (κ1) is 14.6. The molecule has 0 aliphatic heterocycles. The van der Waals surface area contributed by atoms with Crippen LogP contribution in [0.4, 0.5) is 13.2 Å². The molecule has 0 aliphatic rings. The average Bonchev–Trinajstić information content (AvgIpc) is 2.10. The van der Waals surface area contributed by atoms with Crippen molar-refractivity contribution < 1.29 is 32.7 Å². The predicted molar refractivity (Wildman–Crippen MR) is 53.7 cm³/mol. The van der Waals surface area contributed by atoms with Crippen LogP contribution in [0.3, 0.4) is 0 Å². The minimum absolute atomic E-state index is 0.272. The summed E-state index contributed by atoms with van der Waals surface area (Å²) in [5, 5.41) is 0. The summed E-state index contributed by atoms with van der Waals surface area (Å²) in [4.78, 5) is 0. The van der Waals surface area contributed by atoms with E-state index in [9.17, 15) is 13.2 Å². The number of halogens is 5. The van der Waals surface area contributed by atoms with E-state index in [0.29, 0.717) is 4.47 Å². The molecule has 1 aromatic carbocycles. The molecule has 1 aromatic rings. The zero-order valence-corrected chi connectivity index (χ0v) is 13.4. The Kier molecular flexibility index (Phi) is 7.33. The van der Waals surface area contributed by atoms with E-state index >= 15 is 0 Å². The van der Waals surface area contributed by atoms with Crippen LogP contribution in [0, 0.1) is 6.07 Å². The first-order valence-electron chi connectivity index (χ1n) is 3.17. The topological polar surface area (TPSA) is 9.23 Å². The molecule has 0 unspecified atom stereocenters. The number of benzene rings is 1. The summed E-state index contributed by atoms with van der Waals surface area (Å²) in [7, 11) is 0. The van der Waals surface area contributed by atoms with Gasteiger partial charge in [0.1, 0.15) is 0 Å². The molecule has 14 heavy (non-hydrogen) atoms. The molecule has 1 nitrogen and oxygen atoms in total. The zero-order valence-electron chi connectivity index (χ0n) is 6.74. The Balaban J connectivity index is 0.000000791. The fourth-order valence-corrected chi connectivity index (χ4v) is 0.835. The summed E-state index contributed by atoms with van der Waals surface area (Å²) in [6, 6.07) is 6.24. The van der Waals surface area contributed by atoms with Crippen molar-refractivity contribution in [1.29, 1.82) is 0 Å². The van der Waals surface area contributed by atoms with E-state index in [4.69, 9.17) is 0 Å². The molecular formula is C7H3BrF3IOZn. The Labute approximate surface area is 108 Å². The Bertz CT molecular complexity index is 265. The van der Waals surface area contributed by atoms with Crippen molar-refractivity contribution in [3.8, 4) is 5.75 Å². The van der Waals surface area contributed by atoms with Crippen LogP contribution in [-0.4, -0.2) is 6.36 Å². The summed E-state index contributed by atoms with van der Waals surface area (Å²) < 4.78 is 39.0. The number of ether oxygens (including phenoxy) is 1. The van der Waals surface area contributed by atoms with E-state index in [0.717, 1.165) is 6.07 Å². The van der Waals surface area contributed by atoms with Crippen molar-refractivity contribution >= 4 is 35.7 Å². The van der Waals surface area contributed by atoms with Gasteiger partial charge in [0.05, 0.1) is 0 Å². The number of rotatable bonds is 1. The second kappa shape index (κ2) is 7.01. The van der Waals surface area contributed by atoms with Crippen LogP contribution < -0.4 is 4.74 Å². The van der Waals surface area contributed by atoms with Gasteiger partial charge in [-0.2, -0.15) is 12.1 Å². The van der Waals surface area contributed by atoms with Gasteiger partial charge in [-0.15, -0.1) is 25.3 Å². The van der Waals surface area contributed by atoms with Gasteiger partial charge in [-0.3, -0.25) is 0 Å². The van der Waals surface area contributed by atoms with Crippen LogP contribution in [0.1, 0.15) is 0 Å². The van der Waals surface area contributed by atoms with Crippen LogP contribution >= 0.6 is 35.7 Å². The normalized spacial score (nSPS) is 10.2. The van der Waals surface area contributed by atoms with Crippen LogP contribution in [-0.2, 0) is 14.8 Å². The third kappa shape index (κ3) is 7.00. The third-order valence-corrected chi connectivity index (χ3v) is 1.47. The standard InChI is InChI=1S/C7H3BrF3O.HI.Zn/c8-5-1-3-6(4-2-5)12-7(9,10)11;;/h1,3-4H;1H;/q-1;;+2/p-1. The summed E-state index contributed by atoms with van der Waals surface area (Å²) >= 11 is 6.65. The van der Waals surface area contributed by atoms with Crippen LogP contribution in [0.2, 0.25) is 0 Å². The van der Waals surface area contributed by atoms with Crippen molar-refractivity contribution in [3.05, 3.63) is 28.7 Å². The molecule has 0 spiro atoms. The molecule has 0 amide bonds. The Morgan fingerprint density at radius 3 is 2.29 bits per heavy atom. The second-order valence-electron chi connectivity index (χ2n) is 1.92. The van der Waals surface area contributed by atoms with Gasteiger partial charge >= 0.3 is 40.9 Å². The Morgan fingerprint density at radius 2 is 1.93 bits per heavy atom. The van der Waals surface area contributed by atoms with E-state index in [2.05, 4.69) is 46.5 Å². The molecular weight excluding hydrogens is 429 g/mol. The molecule has 0 atom stereocenters. The molecule has 0 N–H and O–H groups in total. The molecule has 74 valence electrons. The van der Waals surface area contributed by atoms with Gasteiger partial charge in [-0.05, 0) is 0 Å². The fourth-order valence-electron chi connectivity index (χ4n) is 0.589. The molecule has 7 heteroatoms. The Hall–Kier alpha value is 0.643. The van der Waals surface area contributed by atoms with E-state index in [-0.39, 0.29) is 5.75 Å². The molecule has 0 bridgehead atoms. The Morgan fingerprint density at radius 1 is 1.36 bits per heavy atom. The van der Waals surface area contributed by atoms with Gasteiger partial charge in [0.25, 0.3) is 0 Å². The summed E-state index contributed by atoms with van der Waals surface area (Å²) in [6.45, 7) is 0. The minimum atomic E-state index is -4.64. The maximum atomic E-state index is 11.6. The van der Waals surface area contributed by atoms with Crippen LogP contribution in [0.25, 0.3) is 0 Å². The average molecular weight is 432 g/mol. The first-order chi connectivity index (χ1) is 6.47. The first-order valence-corrected chi connectivity index (χ1v) is 13.0. The SMILES string of the molecule is FC(F)(F)Oc1c[c-]c(Br)cc1.[Zn+][I]. The van der Waals surface area contributed by atoms with Crippen molar-refractivity contribution in [2.75, 3.05) is 0 Å². The van der Waals surface area contributed by atoms with Gasteiger partial charge in [-0.1, -0.05) is 20.4 Å². The van der Waals surface area contributed by atoms with Gasteiger partial charge in [0.15, 0.2) is 0 Å². The maximum absolute atomic E-state index is 11.6. The molecule has 0 aromatic heterocycles. The quantitative estimate of drug-likeness (QED) is 0.370. The second-order valence-corrected chi connectivity index (χ2v) is 2.77. The van der Waals surface area contributed by atoms with Crippen molar-refractivity contribution in [1.82, 2.24) is 0 Å². The zero-order chi connectivity index (χ0) is 11.2. The van der Waals surface area contributed by atoms with Crippen molar-refractivity contribution in [3.63, 3.8) is 0 Å². The summed E-state index contributed by atoms with van der Waals surface area (Å²) in [5.41, 5.74) is 0. The van der Waals surface area contributed by atoms with Crippen LogP contribution in [0.5, 0.6) is 5.75 Å². The monoisotopic (exact) mass is 430 g/mol. The molecule has 0 aliphatic carbocycles. The van der Waals surface area contributed by atoms with Gasteiger partial charge < -0.3 is 4.74 Å². The summed E-state index contributed by atoms with van der Waals surface area (Å²) in [5.74, 6) is -0.272. The van der Waals surface area contributed by atoms with E-state index in [1.165, 1.54) is 26.9 Å². The van der Waals surface area contributed by atoms with E-state index in [1.54, 1.807) is 0 Å². The molecule has 0 saturated carbocycles. The molecule has 1 rings (SSSR count). The molecule has 0 radical (unpaired) electrons. The van der Waals surface area contributed by atoms with Gasteiger partial charge in [-0.25, -0.2) is 0 Å². The number of hydrogen-bond acceptors (Lipinski definition) is 1. The summed E-state index contributed by atoms with van der Waals surface area (Å²) in [6.07, 6.45) is -4.64. The molecule has 0 heterocycles. The molecule has 0 saturated heterocycles. The van der Waals surface area contributed by atoms with E-state index in [1.807, 2.05) is 0 Å². The van der Waals surface area contributed by atoms with Crippen molar-refractivity contribution in [2.24, 2.45) is 0 Å². The fraction of sp³-hybridized carbons (Fsp3) is 0.143. The third-order valence-electron chi connectivity index (χ3n) is 0.980. The molecule has 0 fully saturated rings. The van der Waals surface area contributed by atoms with E-state index < -0.39 is 6.36 Å².